The fourth-order valence-corrected chi connectivity index (χ4v) is 3.24. The summed E-state index contributed by atoms with van der Waals surface area (Å²) in [4.78, 5) is 15.8. The number of aromatic nitrogens is 5. The Hall–Kier alpha value is -3.39. The smallest absolute Gasteiger partial charge is 0.407 e. The molecule has 0 aliphatic carbocycles. The van der Waals surface area contributed by atoms with Gasteiger partial charge in [-0.15, -0.1) is 0 Å². The summed E-state index contributed by atoms with van der Waals surface area (Å²) in [6.45, 7) is -1.03. The SMILES string of the molecule is COCc1cc2c(Nc3cc(C4CC(OC(=O)NCC(F)(F)F)CO4)[nH]n3)nccn2n1. The van der Waals surface area contributed by atoms with Crippen LogP contribution >= 0.6 is 0 Å². The number of rotatable bonds is 7. The molecule has 1 aliphatic rings. The number of alkyl carbamates (subject to hydrolysis) is 1. The molecule has 0 radical (unpaired) electrons. The number of methoxy groups -OCH3 is 1. The molecule has 11 nitrogen and oxygen atoms in total. The predicted octanol–water partition coefficient (Wildman–Crippen LogP) is 2.46. The Morgan fingerprint density at radius 1 is 1.41 bits per heavy atom. The molecule has 1 aliphatic heterocycles. The molecular weight excluding hydrogens is 435 g/mol. The molecule has 0 aromatic carbocycles. The molecule has 1 fully saturated rings. The van der Waals surface area contributed by atoms with Gasteiger partial charge in [0.15, 0.2) is 11.6 Å². The van der Waals surface area contributed by atoms with Crippen LogP contribution in [0.25, 0.3) is 5.52 Å². The maximum atomic E-state index is 12.2. The molecular formula is C18H20F3N7O4. The molecule has 3 N–H and O–H groups in total. The topological polar surface area (TPSA) is 128 Å². The van der Waals surface area contributed by atoms with Gasteiger partial charge < -0.3 is 24.8 Å². The Bertz CT molecular complexity index is 1080. The summed E-state index contributed by atoms with van der Waals surface area (Å²) in [5.74, 6) is 1.02. The van der Waals surface area contributed by atoms with Gasteiger partial charge in [0.05, 0.1) is 24.6 Å². The molecule has 4 rings (SSSR count). The van der Waals surface area contributed by atoms with E-state index in [0.717, 1.165) is 11.2 Å². The molecule has 1 saturated heterocycles. The van der Waals surface area contributed by atoms with Gasteiger partial charge in [0.1, 0.15) is 24.3 Å². The number of H-pyrrole nitrogens is 1. The van der Waals surface area contributed by atoms with E-state index in [4.69, 9.17) is 14.2 Å². The lowest BCUT2D eigenvalue weighted by molar-refractivity contribution is -0.124. The van der Waals surface area contributed by atoms with E-state index in [1.807, 2.05) is 6.07 Å². The molecule has 32 heavy (non-hydrogen) atoms. The Kier molecular flexibility index (Phi) is 6.14. The van der Waals surface area contributed by atoms with Gasteiger partial charge in [-0.1, -0.05) is 0 Å². The number of alkyl halides is 3. The molecule has 2 unspecified atom stereocenters. The summed E-state index contributed by atoms with van der Waals surface area (Å²) in [5, 5.41) is 16.2. The first-order valence-electron chi connectivity index (χ1n) is 9.58. The Morgan fingerprint density at radius 2 is 2.25 bits per heavy atom. The normalized spacial score (nSPS) is 18.8. The van der Waals surface area contributed by atoms with Gasteiger partial charge >= 0.3 is 12.3 Å². The van der Waals surface area contributed by atoms with Crippen molar-refractivity contribution < 1.29 is 32.2 Å². The number of amides is 1. The summed E-state index contributed by atoms with van der Waals surface area (Å²) in [7, 11) is 1.59. The molecule has 3 aromatic rings. The predicted molar refractivity (Wildman–Crippen MR) is 103 cm³/mol. The van der Waals surface area contributed by atoms with Crippen LogP contribution in [0.5, 0.6) is 0 Å². The first kappa shape index (κ1) is 21.8. The third-order valence-corrected chi connectivity index (χ3v) is 4.59. The van der Waals surface area contributed by atoms with Crippen molar-refractivity contribution in [1.29, 1.82) is 0 Å². The van der Waals surface area contributed by atoms with Crippen molar-refractivity contribution in [2.45, 2.75) is 31.4 Å². The molecule has 0 spiro atoms. The average Bonchev–Trinajstić information content (AvgIpc) is 3.46. The second kappa shape index (κ2) is 9.00. The number of anilines is 2. The maximum Gasteiger partial charge on any atom is 0.407 e. The standard InChI is InChI=1S/C18H20F3N7O4/c1-30-7-10-4-13-16(22-2-3-28(13)27-10)24-15-6-12(25-26-15)14-5-11(8-31-14)32-17(29)23-9-18(19,20)21/h2-4,6,11,14H,5,7-9H2,1H3,(H,23,29)(H2,22,24,25,26). The summed E-state index contributed by atoms with van der Waals surface area (Å²) in [6.07, 6.45) is -3.19. The van der Waals surface area contributed by atoms with E-state index < -0.39 is 31.0 Å². The number of hydrogen-bond acceptors (Lipinski definition) is 8. The van der Waals surface area contributed by atoms with Gasteiger partial charge in [-0.3, -0.25) is 5.10 Å². The number of fused-ring (bicyclic) bond motifs is 1. The molecule has 172 valence electrons. The van der Waals surface area contributed by atoms with E-state index in [1.165, 1.54) is 0 Å². The lowest BCUT2D eigenvalue weighted by Gasteiger charge is -2.12. The van der Waals surface area contributed by atoms with E-state index in [2.05, 4.69) is 25.6 Å². The van der Waals surface area contributed by atoms with Crippen LogP contribution in [0.1, 0.15) is 23.9 Å². The Balaban J connectivity index is 1.36. The monoisotopic (exact) mass is 455 g/mol. The zero-order valence-corrected chi connectivity index (χ0v) is 16.8. The van der Waals surface area contributed by atoms with Crippen LogP contribution in [0.2, 0.25) is 0 Å². The minimum Gasteiger partial charge on any atom is -0.444 e. The zero-order valence-electron chi connectivity index (χ0n) is 16.8. The number of carbonyl (C=O) groups excluding carboxylic acids is 1. The van der Waals surface area contributed by atoms with Crippen molar-refractivity contribution in [1.82, 2.24) is 30.1 Å². The molecule has 1 amide bonds. The molecule has 0 bridgehead atoms. The number of nitrogens with zero attached hydrogens (tertiary/aromatic N) is 4. The summed E-state index contributed by atoms with van der Waals surface area (Å²) < 4.78 is 53.8. The van der Waals surface area contributed by atoms with E-state index in [1.54, 1.807) is 35.4 Å². The quantitative estimate of drug-likeness (QED) is 0.496. The molecule has 14 heteroatoms. The molecule has 4 heterocycles. The van der Waals surface area contributed by atoms with Crippen molar-refractivity contribution in [3.63, 3.8) is 0 Å². The average molecular weight is 455 g/mol. The van der Waals surface area contributed by atoms with Gasteiger partial charge in [0, 0.05) is 32.0 Å². The van der Waals surface area contributed by atoms with E-state index in [0.29, 0.717) is 23.9 Å². The van der Waals surface area contributed by atoms with E-state index in [9.17, 15) is 18.0 Å². The van der Waals surface area contributed by atoms with Crippen molar-refractivity contribution in [2.24, 2.45) is 0 Å². The van der Waals surface area contributed by atoms with Crippen molar-refractivity contribution in [2.75, 3.05) is 25.6 Å². The van der Waals surface area contributed by atoms with Crippen LogP contribution in [0.3, 0.4) is 0 Å². The maximum absolute atomic E-state index is 12.2. The number of nitrogens with one attached hydrogen (secondary N) is 3. The highest BCUT2D eigenvalue weighted by atomic mass is 19.4. The second-order valence-corrected chi connectivity index (χ2v) is 7.06. The van der Waals surface area contributed by atoms with Crippen molar-refractivity contribution >= 4 is 23.2 Å². The number of ether oxygens (including phenoxy) is 3. The number of halogens is 3. The second-order valence-electron chi connectivity index (χ2n) is 7.06. The minimum atomic E-state index is -4.51. The summed E-state index contributed by atoms with van der Waals surface area (Å²) in [6, 6.07) is 3.56. The van der Waals surface area contributed by atoms with Crippen LogP contribution in [0, 0.1) is 0 Å². The number of hydrogen-bond donors (Lipinski definition) is 3. The van der Waals surface area contributed by atoms with Gasteiger partial charge in [-0.25, -0.2) is 14.3 Å². The zero-order chi connectivity index (χ0) is 22.7. The van der Waals surface area contributed by atoms with Crippen LogP contribution in [-0.2, 0) is 20.8 Å². The van der Waals surface area contributed by atoms with Crippen molar-refractivity contribution in [3.8, 4) is 0 Å². The van der Waals surface area contributed by atoms with Crippen molar-refractivity contribution in [3.05, 3.63) is 35.9 Å². The van der Waals surface area contributed by atoms with Gasteiger partial charge in [-0.05, 0) is 6.07 Å². The van der Waals surface area contributed by atoms with E-state index >= 15 is 0 Å². The van der Waals surface area contributed by atoms with Crippen LogP contribution in [0.4, 0.5) is 29.6 Å². The first-order valence-corrected chi connectivity index (χ1v) is 9.58. The Labute approximate surface area is 179 Å². The van der Waals surface area contributed by atoms with E-state index in [-0.39, 0.29) is 13.0 Å². The fraction of sp³-hybridized carbons (Fsp3) is 0.444. The van der Waals surface area contributed by atoms with Crippen LogP contribution < -0.4 is 10.6 Å². The molecule has 3 aromatic heterocycles. The van der Waals surface area contributed by atoms with Gasteiger partial charge in [0.2, 0.25) is 0 Å². The third-order valence-electron chi connectivity index (χ3n) is 4.59. The lowest BCUT2D eigenvalue weighted by Crippen LogP contribution is -2.36. The number of aromatic amines is 1. The number of carbonyl (C=O) groups is 1. The highest BCUT2D eigenvalue weighted by molar-refractivity contribution is 5.72. The highest BCUT2D eigenvalue weighted by Crippen LogP contribution is 2.31. The summed E-state index contributed by atoms with van der Waals surface area (Å²) in [5.41, 5.74) is 2.10. The first-order chi connectivity index (χ1) is 15.3. The minimum absolute atomic E-state index is 0.0604. The summed E-state index contributed by atoms with van der Waals surface area (Å²) >= 11 is 0. The third kappa shape index (κ3) is 5.26. The van der Waals surface area contributed by atoms with Crippen LogP contribution in [0.15, 0.2) is 24.5 Å². The van der Waals surface area contributed by atoms with Gasteiger partial charge in [0.25, 0.3) is 0 Å². The largest absolute Gasteiger partial charge is 0.444 e. The van der Waals surface area contributed by atoms with Gasteiger partial charge in [-0.2, -0.15) is 23.4 Å². The fourth-order valence-electron chi connectivity index (χ4n) is 3.24. The molecule has 2 atom stereocenters. The lowest BCUT2D eigenvalue weighted by atomic mass is 10.1. The molecule has 0 saturated carbocycles. The Morgan fingerprint density at radius 3 is 3.03 bits per heavy atom. The van der Waals surface area contributed by atoms with Crippen LogP contribution in [-0.4, -0.2) is 63.4 Å². The highest BCUT2D eigenvalue weighted by Gasteiger charge is 2.32.